The Kier molecular flexibility index (Phi) is 5.79. The van der Waals surface area contributed by atoms with Gasteiger partial charge in [0.05, 0.1) is 14.2 Å². The molecule has 6 nitrogen and oxygen atoms in total. The predicted octanol–water partition coefficient (Wildman–Crippen LogP) is 3.09. The number of rotatable bonds is 6. The van der Waals surface area contributed by atoms with Crippen LogP contribution in [0.5, 0.6) is 11.5 Å². The van der Waals surface area contributed by atoms with E-state index in [1.807, 2.05) is 19.1 Å². The first-order chi connectivity index (χ1) is 12.0. The highest BCUT2D eigenvalue weighted by molar-refractivity contribution is 6.05. The van der Waals surface area contributed by atoms with Crippen molar-refractivity contribution < 1.29 is 19.1 Å². The molecule has 25 heavy (non-hydrogen) atoms. The van der Waals surface area contributed by atoms with Gasteiger partial charge >= 0.3 is 0 Å². The molecule has 0 aliphatic carbocycles. The number of nitrogens with two attached hydrogens (primary N) is 1. The molecule has 0 heterocycles. The minimum Gasteiger partial charge on any atom is -0.493 e. The van der Waals surface area contributed by atoms with Crippen LogP contribution in [0.3, 0.4) is 0 Å². The zero-order valence-electron chi connectivity index (χ0n) is 14.3. The molecule has 0 saturated heterocycles. The quantitative estimate of drug-likeness (QED) is 0.845. The maximum atomic E-state index is 12.5. The van der Waals surface area contributed by atoms with Crippen molar-refractivity contribution in [3.8, 4) is 11.5 Å². The summed E-state index contributed by atoms with van der Waals surface area (Å²) >= 11 is 0. The van der Waals surface area contributed by atoms with Gasteiger partial charge < -0.3 is 20.5 Å². The lowest BCUT2D eigenvalue weighted by atomic mass is 10.1. The molecule has 0 radical (unpaired) electrons. The summed E-state index contributed by atoms with van der Waals surface area (Å²) in [5.74, 6) is 0.197. The van der Waals surface area contributed by atoms with Crippen molar-refractivity contribution in [1.82, 2.24) is 0 Å². The van der Waals surface area contributed by atoms with Crippen molar-refractivity contribution >= 4 is 23.6 Å². The lowest BCUT2D eigenvalue weighted by Crippen LogP contribution is -2.14. The number of anilines is 1. The maximum Gasteiger partial charge on any atom is 0.255 e. The molecule has 6 heteroatoms. The van der Waals surface area contributed by atoms with Crippen LogP contribution in [0.1, 0.15) is 33.2 Å². The van der Waals surface area contributed by atoms with E-state index in [0.717, 1.165) is 5.56 Å². The van der Waals surface area contributed by atoms with Gasteiger partial charge in [-0.15, -0.1) is 0 Å². The molecule has 0 bridgehead atoms. The second-order valence-electron chi connectivity index (χ2n) is 5.20. The van der Waals surface area contributed by atoms with Crippen molar-refractivity contribution in [3.05, 3.63) is 59.2 Å². The summed E-state index contributed by atoms with van der Waals surface area (Å²) in [6.07, 6.45) is 3.68. The highest BCUT2D eigenvalue weighted by Crippen LogP contribution is 2.33. The molecule has 0 saturated carbocycles. The SMILES string of the molecule is C/C=C/c1cc(C(=O)Nc2ccc(C(N)=O)cc2)cc(OC)c1OC. The molecule has 0 aliphatic rings. The first-order valence-electron chi connectivity index (χ1n) is 7.60. The second kappa shape index (κ2) is 8.01. The van der Waals surface area contributed by atoms with Crippen molar-refractivity contribution in [1.29, 1.82) is 0 Å². The number of ether oxygens (including phenoxy) is 2. The van der Waals surface area contributed by atoms with Crippen LogP contribution in [0.25, 0.3) is 6.08 Å². The average Bonchev–Trinajstić information content (AvgIpc) is 2.61. The van der Waals surface area contributed by atoms with E-state index in [0.29, 0.717) is 28.3 Å². The first kappa shape index (κ1) is 18.1. The van der Waals surface area contributed by atoms with Gasteiger partial charge in [0.25, 0.3) is 5.91 Å². The summed E-state index contributed by atoms with van der Waals surface area (Å²) in [4.78, 5) is 23.6. The smallest absolute Gasteiger partial charge is 0.255 e. The predicted molar refractivity (Wildman–Crippen MR) is 97.2 cm³/mol. The minimum absolute atomic E-state index is 0.307. The molecular formula is C19H20N2O4. The van der Waals surface area contributed by atoms with Crippen LogP contribution < -0.4 is 20.5 Å². The number of primary amides is 1. The number of benzene rings is 2. The molecule has 2 amide bonds. The number of amides is 2. The molecule has 3 N–H and O–H groups in total. The zero-order chi connectivity index (χ0) is 18.4. The fourth-order valence-corrected chi connectivity index (χ4v) is 2.35. The molecule has 0 aromatic heterocycles. The van der Waals surface area contributed by atoms with Crippen LogP contribution in [-0.4, -0.2) is 26.0 Å². The van der Waals surface area contributed by atoms with Crippen LogP contribution in [0.4, 0.5) is 5.69 Å². The lowest BCUT2D eigenvalue weighted by Gasteiger charge is -2.13. The van der Waals surface area contributed by atoms with E-state index in [1.54, 1.807) is 43.5 Å². The second-order valence-corrected chi connectivity index (χ2v) is 5.20. The summed E-state index contributed by atoms with van der Waals surface area (Å²) in [5, 5.41) is 2.77. The van der Waals surface area contributed by atoms with Gasteiger partial charge in [0, 0.05) is 22.4 Å². The van der Waals surface area contributed by atoms with E-state index in [9.17, 15) is 9.59 Å². The average molecular weight is 340 g/mol. The summed E-state index contributed by atoms with van der Waals surface area (Å²) < 4.78 is 10.7. The summed E-state index contributed by atoms with van der Waals surface area (Å²) in [5.41, 5.74) is 7.29. The fraction of sp³-hybridized carbons (Fsp3) is 0.158. The third-order valence-electron chi connectivity index (χ3n) is 3.54. The molecule has 2 aromatic carbocycles. The van der Waals surface area contributed by atoms with E-state index >= 15 is 0 Å². The third-order valence-corrected chi connectivity index (χ3v) is 3.54. The van der Waals surface area contributed by atoms with Crippen LogP contribution in [0, 0.1) is 0 Å². The minimum atomic E-state index is -0.520. The lowest BCUT2D eigenvalue weighted by molar-refractivity contribution is 0.0998. The highest BCUT2D eigenvalue weighted by Gasteiger charge is 2.15. The van der Waals surface area contributed by atoms with Crippen LogP contribution in [-0.2, 0) is 0 Å². The Morgan fingerprint density at radius 1 is 1.04 bits per heavy atom. The monoisotopic (exact) mass is 340 g/mol. The number of nitrogens with one attached hydrogen (secondary N) is 1. The van der Waals surface area contributed by atoms with Crippen molar-refractivity contribution in [3.63, 3.8) is 0 Å². The number of hydrogen-bond acceptors (Lipinski definition) is 4. The van der Waals surface area contributed by atoms with Crippen molar-refractivity contribution in [2.45, 2.75) is 6.92 Å². The molecule has 0 spiro atoms. The molecule has 2 aromatic rings. The summed E-state index contributed by atoms with van der Waals surface area (Å²) in [7, 11) is 3.06. The van der Waals surface area contributed by atoms with Gasteiger partial charge in [-0.05, 0) is 43.3 Å². The number of allylic oxidation sites excluding steroid dienone is 1. The van der Waals surface area contributed by atoms with E-state index in [4.69, 9.17) is 15.2 Å². The Morgan fingerprint density at radius 3 is 2.24 bits per heavy atom. The largest absolute Gasteiger partial charge is 0.493 e. The van der Waals surface area contributed by atoms with Crippen molar-refractivity contribution in [2.75, 3.05) is 19.5 Å². The van der Waals surface area contributed by atoms with Gasteiger partial charge in [-0.25, -0.2) is 0 Å². The van der Waals surface area contributed by atoms with Gasteiger partial charge in [0.2, 0.25) is 5.91 Å². The van der Waals surface area contributed by atoms with E-state index in [-0.39, 0.29) is 5.91 Å². The summed E-state index contributed by atoms with van der Waals surface area (Å²) in [6.45, 7) is 1.87. The van der Waals surface area contributed by atoms with Crippen LogP contribution in [0.15, 0.2) is 42.5 Å². The molecule has 0 aliphatic heterocycles. The van der Waals surface area contributed by atoms with E-state index in [1.165, 1.54) is 7.11 Å². The van der Waals surface area contributed by atoms with Gasteiger partial charge in [-0.3, -0.25) is 9.59 Å². The first-order valence-corrected chi connectivity index (χ1v) is 7.60. The number of methoxy groups -OCH3 is 2. The standard InChI is InChI=1S/C19H20N2O4/c1-4-5-13-10-14(11-16(24-2)17(13)25-3)19(23)21-15-8-6-12(7-9-15)18(20)22/h4-11H,1-3H3,(H2,20,22)(H,21,23)/b5-4+. The van der Waals surface area contributed by atoms with E-state index in [2.05, 4.69) is 5.32 Å². The Morgan fingerprint density at radius 2 is 1.72 bits per heavy atom. The summed E-state index contributed by atoms with van der Waals surface area (Å²) in [6, 6.07) is 9.67. The topological polar surface area (TPSA) is 90.7 Å². The Labute approximate surface area is 146 Å². The van der Waals surface area contributed by atoms with Gasteiger partial charge in [-0.2, -0.15) is 0 Å². The number of carbonyl (C=O) groups is 2. The molecular weight excluding hydrogens is 320 g/mol. The molecule has 0 atom stereocenters. The maximum absolute atomic E-state index is 12.5. The highest BCUT2D eigenvalue weighted by atomic mass is 16.5. The molecule has 0 unspecified atom stereocenters. The Hall–Kier alpha value is -3.28. The zero-order valence-corrected chi connectivity index (χ0v) is 14.3. The molecule has 2 rings (SSSR count). The van der Waals surface area contributed by atoms with Crippen molar-refractivity contribution in [2.24, 2.45) is 5.73 Å². The molecule has 130 valence electrons. The fourth-order valence-electron chi connectivity index (χ4n) is 2.35. The Balaban J connectivity index is 2.32. The Bertz CT molecular complexity index is 811. The molecule has 0 fully saturated rings. The van der Waals surface area contributed by atoms with Crippen LogP contribution >= 0.6 is 0 Å². The van der Waals surface area contributed by atoms with Gasteiger partial charge in [0.1, 0.15) is 0 Å². The van der Waals surface area contributed by atoms with Crippen LogP contribution in [0.2, 0.25) is 0 Å². The number of carbonyl (C=O) groups excluding carboxylic acids is 2. The van der Waals surface area contributed by atoms with E-state index < -0.39 is 5.91 Å². The van der Waals surface area contributed by atoms with Gasteiger partial charge in [-0.1, -0.05) is 12.2 Å². The third kappa shape index (κ3) is 4.17. The van der Waals surface area contributed by atoms with Gasteiger partial charge in [0.15, 0.2) is 11.5 Å². The number of hydrogen-bond donors (Lipinski definition) is 2. The normalized spacial score (nSPS) is 10.5.